The van der Waals surface area contributed by atoms with Crippen LogP contribution in [-0.2, 0) is 0 Å². The maximum absolute atomic E-state index is 12.8. The molecule has 1 aliphatic heterocycles. The van der Waals surface area contributed by atoms with Crippen molar-refractivity contribution < 1.29 is 9.13 Å². The average Bonchev–Trinajstić information content (AvgIpc) is 2.28. The normalized spacial score (nSPS) is 15.9. The summed E-state index contributed by atoms with van der Waals surface area (Å²) >= 11 is 0. The first-order valence-electron chi connectivity index (χ1n) is 5.11. The predicted octanol–water partition coefficient (Wildman–Crippen LogP) is 2.12. The van der Waals surface area contributed by atoms with Gasteiger partial charge >= 0.3 is 0 Å². The van der Waals surface area contributed by atoms with E-state index >= 15 is 0 Å². The zero-order valence-electron chi connectivity index (χ0n) is 8.50. The first-order valence-corrected chi connectivity index (χ1v) is 5.11. The number of halogens is 1. The topological polar surface area (TPSA) is 21.3 Å². The minimum atomic E-state index is -0.258. The molecule has 0 saturated carbocycles. The summed E-state index contributed by atoms with van der Waals surface area (Å²) in [5, 5.41) is 3.23. The van der Waals surface area contributed by atoms with Crippen LogP contribution in [0.3, 0.4) is 0 Å². The lowest BCUT2D eigenvalue weighted by Crippen LogP contribution is -2.22. The van der Waals surface area contributed by atoms with Gasteiger partial charge in [0.25, 0.3) is 0 Å². The third-order valence-corrected chi connectivity index (χ3v) is 2.38. The highest BCUT2D eigenvalue weighted by atomic mass is 19.1. The first kappa shape index (κ1) is 10.2. The molecule has 2 nitrogen and oxygen atoms in total. The summed E-state index contributed by atoms with van der Waals surface area (Å²) in [5.74, 6) is 0.334. The van der Waals surface area contributed by atoms with Gasteiger partial charge in [-0.25, -0.2) is 4.39 Å². The molecule has 0 bridgehead atoms. The van der Waals surface area contributed by atoms with Gasteiger partial charge in [-0.15, -0.1) is 0 Å². The third-order valence-electron chi connectivity index (χ3n) is 2.38. The van der Waals surface area contributed by atoms with Crippen molar-refractivity contribution in [3.05, 3.63) is 41.7 Å². The largest absolute Gasteiger partial charge is 0.489 e. The Balaban J connectivity index is 1.90. The van der Waals surface area contributed by atoms with E-state index in [2.05, 4.69) is 11.4 Å². The Morgan fingerprint density at radius 3 is 3.07 bits per heavy atom. The minimum absolute atomic E-state index is 0.258. The van der Waals surface area contributed by atoms with Gasteiger partial charge in [-0.2, -0.15) is 0 Å². The van der Waals surface area contributed by atoms with E-state index in [0.717, 1.165) is 19.5 Å². The lowest BCUT2D eigenvalue weighted by molar-refractivity contribution is 0.342. The van der Waals surface area contributed by atoms with E-state index < -0.39 is 0 Å². The van der Waals surface area contributed by atoms with Crippen LogP contribution in [0.4, 0.5) is 4.39 Å². The number of nitrogens with one attached hydrogen (secondary N) is 1. The van der Waals surface area contributed by atoms with E-state index in [9.17, 15) is 4.39 Å². The van der Waals surface area contributed by atoms with Crippen LogP contribution in [0, 0.1) is 5.82 Å². The Kier molecular flexibility index (Phi) is 3.35. The minimum Gasteiger partial charge on any atom is -0.489 e. The van der Waals surface area contributed by atoms with E-state index in [1.807, 2.05) is 0 Å². The zero-order chi connectivity index (χ0) is 10.5. The second-order valence-corrected chi connectivity index (χ2v) is 3.56. The van der Waals surface area contributed by atoms with Crippen LogP contribution in [0.2, 0.25) is 0 Å². The molecular weight excluding hydrogens is 193 g/mol. The summed E-state index contributed by atoms with van der Waals surface area (Å²) in [7, 11) is 0. The number of benzene rings is 1. The molecule has 15 heavy (non-hydrogen) atoms. The zero-order valence-corrected chi connectivity index (χ0v) is 8.50. The van der Waals surface area contributed by atoms with Gasteiger partial charge in [0.1, 0.15) is 18.2 Å². The van der Waals surface area contributed by atoms with E-state index in [4.69, 9.17) is 4.74 Å². The highest BCUT2D eigenvalue weighted by Gasteiger charge is 2.03. The molecule has 1 aliphatic rings. The maximum atomic E-state index is 12.8. The van der Waals surface area contributed by atoms with Gasteiger partial charge in [-0.1, -0.05) is 12.1 Å². The van der Waals surface area contributed by atoms with Crippen molar-refractivity contribution in [3.8, 4) is 5.75 Å². The van der Waals surface area contributed by atoms with Crippen LogP contribution in [0.5, 0.6) is 5.75 Å². The highest BCUT2D eigenvalue weighted by Crippen LogP contribution is 2.14. The summed E-state index contributed by atoms with van der Waals surface area (Å²) in [5.41, 5.74) is 1.28. The summed E-state index contributed by atoms with van der Waals surface area (Å²) < 4.78 is 18.3. The van der Waals surface area contributed by atoms with E-state index in [-0.39, 0.29) is 5.82 Å². The SMILES string of the molecule is Fc1cccc(OCC2=CCNCC2)c1. The number of hydrogen-bond acceptors (Lipinski definition) is 2. The molecule has 1 N–H and O–H groups in total. The fourth-order valence-electron chi connectivity index (χ4n) is 1.53. The molecule has 0 aliphatic carbocycles. The van der Waals surface area contributed by atoms with Crippen LogP contribution in [0.1, 0.15) is 6.42 Å². The monoisotopic (exact) mass is 207 g/mol. The Bertz CT molecular complexity index is 362. The Labute approximate surface area is 88.8 Å². The molecule has 0 fully saturated rings. The summed E-state index contributed by atoms with van der Waals surface area (Å²) in [6.45, 7) is 2.46. The van der Waals surface area contributed by atoms with Crippen LogP contribution in [0.15, 0.2) is 35.9 Å². The fraction of sp³-hybridized carbons (Fsp3) is 0.333. The molecule has 80 valence electrons. The van der Waals surface area contributed by atoms with Crippen LogP contribution < -0.4 is 10.1 Å². The predicted molar refractivity (Wildman–Crippen MR) is 57.5 cm³/mol. The van der Waals surface area contributed by atoms with E-state index in [1.165, 1.54) is 17.7 Å². The molecule has 0 spiro atoms. The van der Waals surface area contributed by atoms with Gasteiger partial charge in [0, 0.05) is 12.6 Å². The molecule has 0 radical (unpaired) electrons. The Hall–Kier alpha value is -1.35. The molecule has 1 aromatic carbocycles. The molecule has 0 unspecified atom stereocenters. The molecule has 1 aromatic rings. The second-order valence-electron chi connectivity index (χ2n) is 3.56. The van der Waals surface area contributed by atoms with Crippen molar-refractivity contribution in [2.75, 3.05) is 19.7 Å². The highest BCUT2D eigenvalue weighted by molar-refractivity contribution is 5.23. The standard InChI is InChI=1S/C12H14FNO/c13-11-2-1-3-12(8-11)15-9-10-4-6-14-7-5-10/h1-4,8,14H,5-7,9H2. The molecule has 0 amide bonds. The lowest BCUT2D eigenvalue weighted by atomic mass is 10.1. The molecule has 1 heterocycles. The molecule has 3 heteroatoms. The van der Waals surface area contributed by atoms with Gasteiger partial charge in [0.15, 0.2) is 0 Å². The van der Waals surface area contributed by atoms with Crippen molar-refractivity contribution in [2.45, 2.75) is 6.42 Å². The van der Waals surface area contributed by atoms with Crippen molar-refractivity contribution in [1.29, 1.82) is 0 Å². The Morgan fingerprint density at radius 2 is 2.33 bits per heavy atom. The fourth-order valence-corrected chi connectivity index (χ4v) is 1.53. The van der Waals surface area contributed by atoms with Gasteiger partial charge < -0.3 is 10.1 Å². The van der Waals surface area contributed by atoms with Crippen LogP contribution >= 0.6 is 0 Å². The van der Waals surface area contributed by atoms with Crippen molar-refractivity contribution in [1.82, 2.24) is 5.32 Å². The lowest BCUT2D eigenvalue weighted by Gasteiger charge is -2.14. The van der Waals surface area contributed by atoms with Crippen molar-refractivity contribution >= 4 is 0 Å². The molecule has 2 rings (SSSR count). The van der Waals surface area contributed by atoms with Crippen LogP contribution in [0.25, 0.3) is 0 Å². The second kappa shape index (κ2) is 4.94. The summed E-state index contributed by atoms with van der Waals surface area (Å²) in [6, 6.07) is 6.24. The maximum Gasteiger partial charge on any atom is 0.126 e. The first-order chi connectivity index (χ1) is 7.34. The van der Waals surface area contributed by atoms with Crippen molar-refractivity contribution in [2.24, 2.45) is 0 Å². The van der Waals surface area contributed by atoms with Crippen LogP contribution in [-0.4, -0.2) is 19.7 Å². The number of hydrogen-bond donors (Lipinski definition) is 1. The Morgan fingerprint density at radius 1 is 1.40 bits per heavy atom. The number of rotatable bonds is 3. The van der Waals surface area contributed by atoms with E-state index in [0.29, 0.717) is 12.4 Å². The number of ether oxygens (including phenoxy) is 1. The summed E-state index contributed by atoms with van der Waals surface area (Å²) in [6.07, 6.45) is 3.14. The van der Waals surface area contributed by atoms with E-state index in [1.54, 1.807) is 12.1 Å². The van der Waals surface area contributed by atoms with Gasteiger partial charge in [0.2, 0.25) is 0 Å². The smallest absolute Gasteiger partial charge is 0.126 e. The van der Waals surface area contributed by atoms with Gasteiger partial charge in [0.05, 0.1) is 0 Å². The molecule has 0 saturated heterocycles. The third kappa shape index (κ3) is 3.06. The molecule has 0 atom stereocenters. The quantitative estimate of drug-likeness (QED) is 0.766. The molecule has 0 aromatic heterocycles. The average molecular weight is 207 g/mol. The molecular formula is C12H14FNO. The van der Waals surface area contributed by atoms with Crippen molar-refractivity contribution in [3.63, 3.8) is 0 Å². The summed E-state index contributed by atoms with van der Waals surface area (Å²) in [4.78, 5) is 0. The van der Waals surface area contributed by atoms with Gasteiger partial charge in [-0.05, 0) is 30.7 Å². The van der Waals surface area contributed by atoms with Gasteiger partial charge in [-0.3, -0.25) is 0 Å².